The molecule has 1 heterocycles. The number of β-amino-alcohol motifs (C(OH)–C–C–N with tert-alkyl or cyclic N) is 1. The lowest BCUT2D eigenvalue weighted by Gasteiger charge is -2.22. The Bertz CT molecular complexity index is 547. The van der Waals surface area contributed by atoms with E-state index in [1.54, 1.807) is 0 Å². The lowest BCUT2D eigenvalue weighted by molar-refractivity contribution is -0.144. The average molecular weight is 333 g/mol. The number of rotatable bonds is 2. The van der Waals surface area contributed by atoms with Crippen LogP contribution in [0.1, 0.15) is 6.42 Å². The molecule has 0 aromatic heterocycles. The zero-order valence-electron chi connectivity index (χ0n) is 11.2. The topological polar surface area (TPSA) is 78.9 Å². The zero-order chi connectivity index (χ0) is 15.6. The van der Waals surface area contributed by atoms with Crippen molar-refractivity contribution in [3.63, 3.8) is 0 Å². The van der Waals surface area contributed by atoms with E-state index in [1.165, 1.54) is 30.2 Å². The van der Waals surface area contributed by atoms with Crippen molar-refractivity contribution in [3.05, 3.63) is 28.2 Å². The molecule has 1 aliphatic heterocycles. The van der Waals surface area contributed by atoms with Crippen molar-refractivity contribution < 1.29 is 19.4 Å². The second-order valence-corrected chi connectivity index (χ2v) is 5.54. The van der Waals surface area contributed by atoms with Crippen LogP contribution >= 0.6 is 23.2 Å². The van der Waals surface area contributed by atoms with Crippen molar-refractivity contribution in [1.82, 2.24) is 4.90 Å². The van der Waals surface area contributed by atoms with E-state index in [0.29, 0.717) is 15.7 Å². The van der Waals surface area contributed by atoms with Crippen LogP contribution in [0.4, 0.5) is 10.5 Å². The largest absolute Gasteiger partial charge is 0.467 e. The Morgan fingerprint density at radius 3 is 2.52 bits per heavy atom. The molecule has 1 aliphatic rings. The summed E-state index contributed by atoms with van der Waals surface area (Å²) in [5.41, 5.74) is 0.405. The molecule has 1 fully saturated rings. The molecule has 6 nitrogen and oxygen atoms in total. The van der Waals surface area contributed by atoms with Gasteiger partial charge >= 0.3 is 12.0 Å². The van der Waals surface area contributed by atoms with Gasteiger partial charge in [0.25, 0.3) is 0 Å². The molecule has 2 unspecified atom stereocenters. The van der Waals surface area contributed by atoms with Crippen LogP contribution in [0, 0.1) is 0 Å². The fourth-order valence-corrected chi connectivity index (χ4v) is 2.75. The minimum atomic E-state index is -0.806. The maximum absolute atomic E-state index is 12.2. The van der Waals surface area contributed by atoms with Crippen molar-refractivity contribution >= 4 is 40.9 Å². The quantitative estimate of drug-likeness (QED) is 0.813. The molecular formula is C13H14Cl2N2O4. The number of urea groups is 1. The first kappa shape index (κ1) is 15.9. The van der Waals surface area contributed by atoms with E-state index < -0.39 is 24.1 Å². The number of esters is 1. The fourth-order valence-electron chi connectivity index (χ4n) is 2.22. The molecule has 0 radical (unpaired) electrons. The molecule has 21 heavy (non-hydrogen) atoms. The lowest BCUT2D eigenvalue weighted by Crippen LogP contribution is -2.43. The third kappa shape index (κ3) is 3.78. The van der Waals surface area contributed by atoms with Crippen LogP contribution in [0.2, 0.25) is 10.0 Å². The average Bonchev–Trinajstić information content (AvgIpc) is 2.78. The maximum Gasteiger partial charge on any atom is 0.328 e. The third-order valence-corrected chi connectivity index (χ3v) is 3.56. The smallest absolute Gasteiger partial charge is 0.328 e. The summed E-state index contributed by atoms with van der Waals surface area (Å²) in [7, 11) is 1.24. The second-order valence-electron chi connectivity index (χ2n) is 4.67. The van der Waals surface area contributed by atoms with Crippen molar-refractivity contribution in [1.29, 1.82) is 0 Å². The van der Waals surface area contributed by atoms with Gasteiger partial charge in [-0.1, -0.05) is 23.2 Å². The van der Waals surface area contributed by atoms with Gasteiger partial charge in [0.05, 0.1) is 13.2 Å². The summed E-state index contributed by atoms with van der Waals surface area (Å²) < 4.78 is 4.64. The predicted molar refractivity (Wildman–Crippen MR) is 78.6 cm³/mol. The molecule has 2 atom stereocenters. The van der Waals surface area contributed by atoms with Gasteiger partial charge in [-0.2, -0.15) is 0 Å². The summed E-state index contributed by atoms with van der Waals surface area (Å²) in [4.78, 5) is 25.1. The van der Waals surface area contributed by atoms with Gasteiger partial charge < -0.3 is 20.1 Å². The first-order valence-electron chi connectivity index (χ1n) is 6.20. The van der Waals surface area contributed by atoms with Crippen molar-refractivity contribution in [3.8, 4) is 0 Å². The van der Waals surface area contributed by atoms with E-state index in [4.69, 9.17) is 23.2 Å². The van der Waals surface area contributed by atoms with Crippen LogP contribution < -0.4 is 5.32 Å². The number of aliphatic hydroxyl groups is 1. The monoisotopic (exact) mass is 332 g/mol. The fraction of sp³-hybridized carbons (Fsp3) is 0.385. The summed E-state index contributed by atoms with van der Waals surface area (Å²) in [6.45, 7) is 0.0555. The standard InChI is InChI=1S/C13H14Cl2N2O4/c1-21-12(19)11-5-10(18)6-17(11)13(20)16-9-3-7(14)2-8(15)4-9/h2-4,10-11,18H,5-6H2,1H3,(H,16,20). The Morgan fingerprint density at radius 1 is 1.33 bits per heavy atom. The Kier molecular flexibility index (Phi) is 4.92. The number of nitrogens with one attached hydrogen (secondary N) is 1. The van der Waals surface area contributed by atoms with Crippen LogP contribution in [0.3, 0.4) is 0 Å². The number of anilines is 1. The number of hydrogen-bond acceptors (Lipinski definition) is 4. The van der Waals surface area contributed by atoms with Crippen LogP contribution in [-0.4, -0.2) is 47.8 Å². The molecule has 8 heteroatoms. The predicted octanol–water partition coefficient (Wildman–Crippen LogP) is 2.13. The number of amides is 2. The van der Waals surface area contributed by atoms with Gasteiger partial charge in [-0.25, -0.2) is 9.59 Å². The van der Waals surface area contributed by atoms with Gasteiger partial charge in [-0.05, 0) is 18.2 Å². The number of halogens is 2. The van der Waals surface area contributed by atoms with Gasteiger partial charge in [0.15, 0.2) is 0 Å². The van der Waals surface area contributed by atoms with Gasteiger partial charge in [-0.15, -0.1) is 0 Å². The number of hydrogen-bond donors (Lipinski definition) is 2. The molecule has 2 N–H and O–H groups in total. The number of likely N-dealkylation sites (tertiary alicyclic amines) is 1. The highest BCUT2D eigenvalue weighted by Crippen LogP contribution is 2.24. The summed E-state index contributed by atoms with van der Waals surface area (Å²) in [5.74, 6) is -0.564. The van der Waals surface area contributed by atoms with E-state index >= 15 is 0 Å². The van der Waals surface area contributed by atoms with E-state index in [9.17, 15) is 14.7 Å². The lowest BCUT2D eigenvalue weighted by atomic mass is 10.2. The summed E-state index contributed by atoms with van der Waals surface area (Å²) in [5, 5.41) is 13.0. The van der Waals surface area contributed by atoms with Crippen LogP contribution in [0.5, 0.6) is 0 Å². The number of nitrogens with zero attached hydrogens (tertiary/aromatic N) is 1. The molecule has 1 aromatic carbocycles. The summed E-state index contributed by atoms with van der Waals surface area (Å²) >= 11 is 11.7. The van der Waals surface area contributed by atoms with E-state index in [0.717, 1.165) is 0 Å². The highest BCUT2D eigenvalue weighted by Gasteiger charge is 2.39. The molecule has 114 valence electrons. The molecule has 0 spiro atoms. The van der Waals surface area contributed by atoms with Gasteiger partial charge in [-0.3, -0.25) is 0 Å². The molecular weight excluding hydrogens is 319 g/mol. The highest BCUT2D eigenvalue weighted by molar-refractivity contribution is 6.35. The number of methoxy groups -OCH3 is 1. The molecule has 1 aromatic rings. The number of carbonyl (C=O) groups excluding carboxylic acids is 2. The first-order valence-corrected chi connectivity index (χ1v) is 6.96. The van der Waals surface area contributed by atoms with Gasteiger partial charge in [0.1, 0.15) is 6.04 Å². The number of carbonyl (C=O) groups is 2. The summed E-state index contributed by atoms with van der Waals surface area (Å²) in [6.07, 6.45) is -0.612. The van der Waals surface area contributed by atoms with Crippen molar-refractivity contribution in [2.45, 2.75) is 18.6 Å². The number of benzene rings is 1. The molecule has 2 rings (SSSR count). The molecule has 0 aliphatic carbocycles. The van der Waals surface area contributed by atoms with E-state index in [-0.39, 0.29) is 13.0 Å². The van der Waals surface area contributed by atoms with Crippen molar-refractivity contribution in [2.24, 2.45) is 0 Å². The first-order chi connectivity index (χ1) is 9.90. The third-order valence-electron chi connectivity index (χ3n) is 3.13. The van der Waals surface area contributed by atoms with Crippen LogP contribution in [-0.2, 0) is 9.53 Å². The molecule has 1 saturated heterocycles. The zero-order valence-corrected chi connectivity index (χ0v) is 12.7. The highest BCUT2D eigenvalue weighted by atomic mass is 35.5. The number of aliphatic hydroxyl groups excluding tert-OH is 1. The number of ether oxygens (including phenoxy) is 1. The minimum Gasteiger partial charge on any atom is -0.467 e. The Hall–Kier alpha value is -1.50. The van der Waals surface area contributed by atoms with E-state index in [2.05, 4.69) is 10.1 Å². The van der Waals surface area contributed by atoms with Gasteiger partial charge in [0, 0.05) is 28.7 Å². The second kappa shape index (κ2) is 6.51. The SMILES string of the molecule is COC(=O)C1CC(O)CN1C(=O)Nc1cc(Cl)cc(Cl)c1. The Labute approximate surface area is 131 Å². The summed E-state index contributed by atoms with van der Waals surface area (Å²) in [6, 6.07) is 3.27. The minimum absolute atomic E-state index is 0.0555. The Balaban J connectivity index is 2.13. The van der Waals surface area contributed by atoms with Crippen LogP contribution in [0.15, 0.2) is 18.2 Å². The van der Waals surface area contributed by atoms with E-state index in [1.807, 2.05) is 0 Å². The normalized spacial score (nSPS) is 21.2. The molecule has 2 amide bonds. The molecule has 0 bridgehead atoms. The Morgan fingerprint density at radius 2 is 1.95 bits per heavy atom. The van der Waals surface area contributed by atoms with Gasteiger partial charge in [0.2, 0.25) is 0 Å². The maximum atomic E-state index is 12.2. The van der Waals surface area contributed by atoms with Crippen molar-refractivity contribution in [2.75, 3.05) is 19.0 Å². The molecule has 0 saturated carbocycles. The van der Waals surface area contributed by atoms with Crippen LogP contribution in [0.25, 0.3) is 0 Å².